The van der Waals surface area contributed by atoms with Crippen molar-refractivity contribution in [3.63, 3.8) is 0 Å². The zero-order chi connectivity index (χ0) is 16.1. The van der Waals surface area contributed by atoms with E-state index in [-0.39, 0.29) is 0 Å². The first-order valence-corrected chi connectivity index (χ1v) is 6.76. The third kappa shape index (κ3) is 3.28. The lowest BCUT2D eigenvalue weighted by Gasteiger charge is -2.07. The van der Waals surface area contributed by atoms with Crippen molar-refractivity contribution >= 4 is 11.9 Å². The number of carbonyl (C=O) groups excluding carboxylic acids is 2. The van der Waals surface area contributed by atoms with Crippen LogP contribution in [-0.4, -0.2) is 35.6 Å². The summed E-state index contributed by atoms with van der Waals surface area (Å²) in [7, 11) is 1.33. The molecule has 0 saturated heterocycles. The molecule has 0 amide bonds. The molecule has 6 nitrogen and oxygen atoms in total. The van der Waals surface area contributed by atoms with Crippen molar-refractivity contribution in [2.75, 3.05) is 13.7 Å². The summed E-state index contributed by atoms with van der Waals surface area (Å²) in [6, 6.07) is 6.73. The Hall–Kier alpha value is -2.76. The van der Waals surface area contributed by atoms with Gasteiger partial charge in [-0.05, 0) is 26.0 Å². The van der Waals surface area contributed by atoms with E-state index in [1.807, 2.05) is 0 Å². The number of aryl methyl sites for hydroxylation is 1. The van der Waals surface area contributed by atoms with Crippen LogP contribution in [-0.2, 0) is 9.47 Å². The Balaban J connectivity index is 2.28. The average molecular weight is 300 g/mol. The van der Waals surface area contributed by atoms with E-state index < -0.39 is 11.9 Å². The van der Waals surface area contributed by atoms with Crippen LogP contribution >= 0.6 is 0 Å². The molecule has 0 saturated carbocycles. The van der Waals surface area contributed by atoms with Crippen molar-refractivity contribution in [2.45, 2.75) is 13.8 Å². The second-order valence-electron chi connectivity index (χ2n) is 4.48. The van der Waals surface area contributed by atoms with E-state index in [2.05, 4.69) is 14.7 Å². The van der Waals surface area contributed by atoms with Crippen molar-refractivity contribution in [1.29, 1.82) is 0 Å². The van der Waals surface area contributed by atoms with Crippen molar-refractivity contribution in [1.82, 2.24) is 9.97 Å². The predicted octanol–water partition coefficient (Wildman–Crippen LogP) is 2.42. The smallest absolute Gasteiger partial charge is 0.341 e. The number of rotatable bonds is 4. The quantitative estimate of drug-likeness (QED) is 0.807. The lowest BCUT2D eigenvalue weighted by atomic mass is 10.1. The van der Waals surface area contributed by atoms with E-state index in [4.69, 9.17) is 4.74 Å². The summed E-state index contributed by atoms with van der Waals surface area (Å²) in [5.41, 5.74) is 2.08. The molecule has 0 atom stereocenters. The van der Waals surface area contributed by atoms with Gasteiger partial charge in [0.2, 0.25) is 0 Å². The summed E-state index contributed by atoms with van der Waals surface area (Å²) in [5, 5.41) is 0. The topological polar surface area (TPSA) is 78.4 Å². The van der Waals surface area contributed by atoms with Crippen LogP contribution in [0.15, 0.2) is 30.5 Å². The van der Waals surface area contributed by atoms with Gasteiger partial charge in [0.15, 0.2) is 5.82 Å². The largest absolute Gasteiger partial charge is 0.465 e. The van der Waals surface area contributed by atoms with Crippen LogP contribution in [0.25, 0.3) is 11.4 Å². The number of hydrogen-bond donors (Lipinski definition) is 0. The third-order valence-corrected chi connectivity index (χ3v) is 3.04. The maximum Gasteiger partial charge on any atom is 0.341 e. The van der Waals surface area contributed by atoms with Crippen LogP contribution in [0.2, 0.25) is 0 Å². The SMILES string of the molecule is CCOC(=O)c1cnc(-c2ccc(C(=O)OC)cc2)nc1C. The van der Waals surface area contributed by atoms with E-state index >= 15 is 0 Å². The highest BCUT2D eigenvalue weighted by Gasteiger charge is 2.13. The highest BCUT2D eigenvalue weighted by Crippen LogP contribution is 2.18. The second-order valence-corrected chi connectivity index (χ2v) is 4.48. The van der Waals surface area contributed by atoms with Gasteiger partial charge in [-0.15, -0.1) is 0 Å². The number of ether oxygens (including phenoxy) is 2. The Morgan fingerprint density at radius 2 is 1.82 bits per heavy atom. The molecular formula is C16H16N2O4. The fourth-order valence-electron chi connectivity index (χ4n) is 1.89. The van der Waals surface area contributed by atoms with E-state index in [1.54, 1.807) is 38.1 Å². The maximum atomic E-state index is 11.7. The molecule has 1 heterocycles. The molecule has 0 aliphatic heterocycles. The molecule has 0 radical (unpaired) electrons. The molecule has 2 rings (SSSR count). The van der Waals surface area contributed by atoms with Crippen LogP contribution in [0, 0.1) is 6.92 Å². The van der Waals surface area contributed by atoms with Crippen LogP contribution in [0.1, 0.15) is 33.3 Å². The second kappa shape index (κ2) is 6.80. The molecule has 2 aromatic rings. The van der Waals surface area contributed by atoms with E-state index in [0.717, 1.165) is 5.56 Å². The average Bonchev–Trinajstić information content (AvgIpc) is 2.54. The van der Waals surface area contributed by atoms with Crippen molar-refractivity contribution < 1.29 is 19.1 Å². The van der Waals surface area contributed by atoms with Crippen molar-refractivity contribution in [2.24, 2.45) is 0 Å². The van der Waals surface area contributed by atoms with Gasteiger partial charge in [-0.25, -0.2) is 19.6 Å². The Morgan fingerprint density at radius 3 is 2.36 bits per heavy atom. The lowest BCUT2D eigenvalue weighted by molar-refractivity contribution is 0.0523. The summed E-state index contributed by atoms with van der Waals surface area (Å²) in [6.45, 7) is 3.76. The first-order valence-electron chi connectivity index (χ1n) is 6.76. The number of aromatic nitrogens is 2. The zero-order valence-electron chi connectivity index (χ0n) is 12.6. The highest BCUT2D eigenvalue weighted by molar-refractivity contribution is 5.91. The zero-order valence-corrected chi connectivity index (χ0v) is 12.6. The molecule has 0 aliphatic carbocycles. The maximum absolute atomic E-state index is 11.7. The number of hydrogen-bond acceptors (Lipinski definition) is 6. The normalized spacial score (nSPS) is 10.1. The summed E-state index contributed by atoms with van der Waals surface area (Å²) in [5.74, 6) is -0.365. The van der Waals surface area contributed by atoms with Gasteiger partial charge in [0.1, 0.15) is 0 Å². The van der Waals surface area contributed by atoms with Gasteiger partial charge in [-0.1, -0.05) is 12.1 Å². The number of nitrogens with zero attached hydrogens (tertiary/aromatic N) is 2. The molecule has 1 aromatic carbocycles. The van der Waals surface area contributed by atoms with Gasteiger partial charge in [-0.3, -0.25) is 0 Å². The molecule has 114 valence electrons. The van der Waals surface area contributed by atoms with Gasteiger partial charge in [0.05, 0.1) is 30.5 Å². The van der Waals surface area contributed by atoms with Gasteiger partial charge < -0.3 is 9.47 Å². The minimum absolute atomic E-state index is 0.301. The van der Waals surface area contributed by atoms with Crippen LogP contribution in [0.3, 0.4) is 0 Å². The standard InChI is InChI=1S/C16H16N2O4/c1-4-22-16(20)13-9-17-14(18-10(13)2)11-5-7-12(8-6-11)15(19)21-3/h5-9H,4H2,1-3H3. The minimum atomic E-state index is -0.437. The fourth-order valence-corrected chi connectivity index (χ4v) is 1.89. The third-order valence-electron chi connectivity index (χ3n) is 3.04. The fraction of sp³-hybridized carbons (Fsp3) is 0.250. The predicted molar refractivity (Wildman–Crippen MR) is 79.5 cm³/mol. The van der Waals surface area contributed by atoms with Crippen molar-refractivity contribution in [3.8, 4) is 11.4 Å². The number of carbonyl (C=O) groups is 2. The molecule has 0 fully saturated rings. The lowest BCUT2D eigenvalue weighted by Crippen LogP contribution is -2.09. The van der Waals surface area contributed by atoms with E-state index in [9.17, 15) is 9.59 Å². The molecule has 0 unspecified atom stereocenters. The van der Waals surface area contributed by atoms with Gasteiger partial charge in [0, 0.05) is 11.8 Å². The van der Waals surface area contributed by atoms with Gasteiger partial charge >= 0.3 is 11.9 Å². The number of methoxy groups -OCH3 is 1. The summed E-state index contributed by atoms with van der Waals surface area (Å²) < 4.78 is 9.58. The number of benzene rings is 1. The Bertz CT molecular complexity index is 696. The molecule has 0 spiro atoms. The molecule has 22 heavy (non-hydrogen) atoms. The van der Waals surface area contributed by atoms with Crippen molar-refractivity contribution in [3.05, 3.63) is 47.3 Å². The molecule has 0 aliphatic rings. The number of esters is 2. The van der Waals surface area contributed by atoms with Crippen LogP contribution in [0.5, 0.6) is 0 Å². The summed E-state index contributed by atoms with van der Waals surface area (Å²) in [4.78, 5) is 31.6. The minimum Gasteiger partial charge on any atom is -0.465 e. The monoisotopic (exact) mass is 300 g/mol. The summed E-state index contributed by atoms with van der Waals surface area (Å²) in [6.07, 6.45) is 1.45. The van der Waals surface area contributed by atoms with E-state index in [1.165, 1.54) is 13.3 Å². The molecule has 6 heteroatoms. The Kier molecular flexibility index (Phi) is 4.83. The molecule has 1 aromatic heterocycles. The van der Waals surface area contributed by atoms with Gasteiger partial charge in [-0.2, -0.15) is 0 Å². The molecule has 0 N–H and O–H groups in total. The Labute approximate surface area is 128 Å². The van der Waals surface area contributed by atoms with Crippen LogP contribution < -0.4 is 0 Å². The molecular weight excluding hydrogens is 284 g/mol. The Morgan fingerprint density at radius 1 is 1.14 bits per heavy atom. The highest BCUT2D eigenvalue weighted by atomic mass is 16.5. The van der Waals surface area contributed by atoms with E-state index in [0.29, 0.717) is 29.3 Å². The summed E-state index contributed by atoms with van der Waals surface area (Å²) >= 11 is 0. The first kappa shape index (κ1) is 15.6. The van der Waals surface area contributed by atoms with Gasteiger partial charge in [0.25, 0.3) is 0 Å². The van der Waals surface area contributed by atoms with Crippen LogP contribution in [0.4, 0.5) is 0 Å². The molecule has 0 bridgehead atoms. The first-order chi connectivity index (χ1) is 10.6.